The van der Waals surface area contributed by atoms with Crippen LogP contribution in [-0.2, 0) is 4.74 Å². The van der Waals surface area contributed by atoms with Crippen LogP contribution in [0, 0.1) is 6.92 Å². The number of likely N-dealkylation sites (N-methyl/N-ethyl adjacent to an activating group) is 1. The van der Waals surface area contributed by atoms with E-state index in [9.17, 15) is 9.59 Å². The highest BCUT2D eigenvalue weighted by Crippen LogP contribution is 2.22. The van der Waals surface area contributed by atoms with Gasteiger partial charge in [-0.15, -0.1) is 11.3 Å². The Morgan fingerprint density at radius 2 is 1.97 bits per heavy atom. The van der Waals surface area contributed by atoms with Crippen LogP contribution >= 0.6 is 11.3 Å². The second kappa shape index (κ2) is 9.69. The number of carbonyl (C=O) groups is 2. The molecule has 8 heteroatoms. The number of benzene rings is 1. The minimum Gasteiger partial charge on any atom is -0.462 e. The highest BCUT2D eigenvalue weighted by Gasteiger charge is 2.18. The molecule has 0 saturated heterocycles. The predicted octanol–water partition coefficient (Wildman–Crippen LogP) is 3.45. The van der Waals surface area contributed by atoms with E-state index in [-0.39, 0.29) is 11.9 Å². The molecule has 0 fully saturated rings. The first-order valence-corrected chi connectivity index (χ1v) is 10.6. The van der Waals surface area contributed by atoms with Gasteiger partial charge in [-0.25, -0.2) is 9.48 Å². The maximum atomic E-state index is 12.6. The number of aromatic nitrogens is 2. The van der Waals surface area contributed by atoms with Gasteiger partial charge in [0.25, 0.3) is 5.91 Å². The lowest BCUT2D eigenvalue weighted by Crippen LogP contribution is -2.34. The summed E-state index contributed by atoms with van der Waals surface area (Å²) in [6.45, 7) is 4.41. The average Bonchev–Trinajstić information content (AvgIpc) is 3.38. The average molecular weight is 427 g/mol. The van der Waals surface area contributed by atoms with E-state index >= 15 is 0 Å². The van der Waals surface area contributed by atoms with Crippen LogP contribution in [-0.4, -0.2) is 53.8 Å². The van der Waals surface area contributed by atoms with Crippen molar-refractivity contribution >= 4 is 23.2 Å². The molecule has 0 saturated carbocycles. The molecule has 2 aromatic heterocycles. The molecule has 0 radical (unpaired) electrons. The zero-order chi connectivity index (χ0) is 21.7. The summed E-state index contributed by atoms with van der Waals surface area (Å²) in [7, 11) is 4.00. The molecule has 0 aliphatic carbocycles. The Morgan fingerprint density at radius 1 is 1.23 bits per heavy atom. The Balaban J connectivity index is 1.68. The number of thiophene rings is 1. The van der Waals surface area contributed by atoms with Crippen LogP contribution in [0.15, 0.2) is 48.0 Å². The molecule has 1 aromatic carbocycles. The lowest BCUT2D eigenvalue weighted by Gasteiger charge is -2.23. The van der Waals surface area contributed by atoms with E-state index in [4.69, 9.17) is 4.74 Å². The molecule has 158 valence electrons. The van der Waals surface area contributed by atoms with Crippen molar-refractivity contribution in [2.24, 2.45) is 0 Å². The summed E-state index contributed by atoms with van der Waals surface area (Å²) in [6.07, 6.45) is 1.50. The first-order chi connectivity index (χ1) is 14.4. The highest BCUT2D eigenvalue weighted by molar-refractivity contribution is 7.10. The number of amides is 1. The number of rotatable bonds is 8. The van der Waals surface area contributed by atoms with E-state index in [0.717, 1.165) is 5.69 Å². The zero-order valence-electron chi connectivity index (χ0n) is 17.6. The van der Waals surface area contributed by atoms with Crippen molar-refractivity contribution in [3.63, 3.8) is 0 Å². The Hall–Kier alpha value is -2.97. The van der Waals surface area contributed by atoms with Gasteiger partial charge in [0.15, 0.2) is 0 Å². The van der Waals surface area contributed by atoms with Crippen LogP contribution in [0.2, 0.25) is 0 Å². The van der Waals surface area contributed by atoms with Gasteiger partial charge in [0.2, 0.25) is 0 Å². The molecule has 0 aliphatic heterocycles. The zero-order valence-corrected chi connectivity index (χ0v) is 18.4. The largest absolute Gasteiger partial charge is 0.462 e. The van der Waals surface area contributed by atoms with Crippen molar-refractivity contribution in [1.29, 1.82) is 0 Å². The van der Waals surface area contributed by atoms with Crippen molar-refractivity contribution in [1.82, 2.24) is 20.0 Å². The summed E-state index contributed by atoms with van der Waals surface area (Å²) in [5.74, 6) is -0.521. The molecule has 1 amide bonds. The number of hydrogen-bond acceptors (Lipinski definition) is 6. The fourth-order valence-corrected chi connectivity index (χ4v) is 4.07. The summed E-state index contributed by atoms with van der Waals surface area (Å²) in [4.78, 5) is 27.9. The molecule has 1 unspecified atom stereocenters. The van der Waals surface area contributed by atoms with Crippen molar-refractivity contribution < 1.29 is 14.3 Å². The number of ether oxygens (including phenoxy) is 1. The van der Waals surface area contributed by atoms with Crippen molar-refractivity contribution in [3.8, 4) is 5.69 Å². The second-order valence-corrected chi connectivity index (χ2v) is 8.01. The van der Waals surface area contributed by atoms with Crippen LogP contribution < -0.4 is 5.32 Å². The molecule has 2 heterocycles. The van der Waals surface area contributed by atoms with Crippen LogP contribution in [0.3, 0.4) is 0 Å². The topological polar surface area (TPSA) is 76.5 Å². The van der Waals surface area contributed by atoms with Crippen LogP contribution in [0.5, 0.6) is 0 Å². The van der Waals surface area contributed by atoms with Gasteiger partial charge in [0.05, 0.1) is 30.2 Å². The molecule has 7 nitrogen and oxygen atoms in total. The summed E-state index contributed by atoms with van der Waals surface area (Å²) in [5, 5.41) is 9.34. The van der Waals surface area contributed by atoms with E-state index < -0.39 is 5.97 Å². The van der Waals surface area contributed by atoms with E-state index in [0.29, 0.717) is 30.0 Å². The molecule has 3 aromatic rings. The maximum absolute atomic E-state index is 12.6. The number of carbonyl (C=O) groups excluding carboxylic acids is 2. The number of nitrogens with zero attached hydrogens (tertiary/aromatic N) is 3. The fraction of sp³-hybridized carbons (Fsp3) is 0.318. The van der Waals surface area contributed by atoms with E-state index in [2.05, 4.69) is 21.4 Å². The van der Waals surface area contributed by atoms with E-state index in [1.54, 1.807) is 35.1 Å². The van der Waals surface area contributed by atoms with Crippen molar-refractivity contribution in [2.45, 2.75) is 19.9 Å². The smallest absolute Gasteiger partial charge is 0.341 e. The number of esters is 1. The van der Waals surface area contributed by atoms with Gasteiger partial charge in [0.1, 0.15) is 5.56 Å². The van der Waals surface area contributed by atoms with Gasteiger partial charge >= 0.3 is 5.97 Å². The Morgan fingerprint density at radius 3 is 2.57 bits per heavy atom. The molecule has 0 aliphatic rings. The third-order valence-corrected chi connectivity index (χ3v) is 5.80. The summed E-state index contributed by atoms with van der Waals surface area (Å²) in [6, 6.07) is 11.4. The molecule has 3 rings (SSSR count). The summed E-state index contributed by atoms with van der Waals surface area (Å²) >= 11 is 1.68. The third kappa shape index (κ3) is 4.77. The highest BCUT2D eigenvalue weighted by atomic mass is 32.1. The van der Waals surface area contributed by atoms with Crippen LogP contribution in [0.1, 0.15) is 44.3 Å². The quantitative estimate of drug-likeness (QED) is 0.559. The Bertz CT molecular complexity index is 994. The van der Waals surface area contributed by atoms with E-state index in [1.807, 2.05) is 44.6 Å². The van der Waals surface area contributed by atoms with Gasteiger partial charge in [-0.1, -0.05) is 6.07 Å². The van der Waals surface area contributed by atoms with Crippen molar-refractivity contribution in [3.05, 3.63) is 69.7 Å². The summed E-state index contributed by atoms with van der Waals surface area (Å²) < 4.78 is 6.71. The van der Waals surface area contributed by atoms with Crippen LogP contribution in [0.4, 0.5) is 0 Å². The molecule has 0 bridgehead atoms. The normalized spacial score (nSPS) is 12.0. The van der Waals surface area contributed by atoms with Crippen molar-refractivity contribution in [2.75, 3.05) is 27.2 Å². The first kappa shape index (κ1) is 21.7. The number of nitrogens with one attached hydrogen (secondary N) is 1. The molecule has 0 spiro atoms. The van der Waals surface area contributed by atoms with Gasteiger partial charge < -0.3 is 15.0 Å². The van der Waals surface area contributed by atoms with E-state index in [1.165, 1.54) is 11.1 Å². The fourth-order valence-electron chi connectivity index (χ4n) is 3.14. The lowest BCUT2D eigenvalue weighted by molar-refractivity contribution is 0.0525. The molecule has 30 heavy (non-hydrogen) atoms. The summed E-state index contributed by atoms with van der Waals surface area (Å²) in [5.41, 5.74) is 2.46. The minimum atomic E-state index is -0.390. The monoisotopic (exact) mass is 426 g/mol. The van der Waals surface area contributed by atoms with Gasteiger partial charge in [-0.05, 0) is 63.7 Å². The SMILES string of the molecule is CCOC(=O)c1cnn(-c2ccc(C(=O)NCC(c3cccs3)N(C)C)cc2)c1C. The van der Waals surface area contributed by atoms with Gasteiger partial charge in [-0.2, -0.15) is 5.10 Å². The van der Waals surface area contributed by atoms with Gasteiger partial charge in [-0.3, -0.25) is 4.79 Å². The lowest BCUT2D eigenvalue weighted by atomic mass is 10.1. The Kier molecular flexibility index (Phi) is 7.02. The number of hydrogen-bond donors (Lipinski definition) is 1. The maximum Gasteiger partial charge on any atom is 0.341 e. The first-order valence-electron chi connectivity index (χ1n) is 9.72. The van der Waals surface area contributed by atoms with Crippen LogP contribution in [0.25, 0.3) is 5.69 Å². The molecular formula is C22H26N4O3S. The molecule has 1 N–H and O–H groups in total. The molecular weight excluding hydrogens is 400 g/mol. The van der Waals surface area contributed by atoms with Gasteiger partial charge in [0, 0.05) is 17.0 Å². The minimum absolute atomic E-state index is 0.126. The second-order valence-electron chi connectivity index (χ2n) is 7.03. The standard InChI is InChI=1S/C22H26N4O3S/c1-5-29-22(28)18-13-24-26(15(18)2)17-10-8-16(9-11-17)21(27)23-14-19(25(3)4)20-7-6-12-30-20/h6-13,19H,5,14H2,1-4H3,(H,23,27). The Labute approximate surface area is 180 Å². The third-order valence-electron chi connectivity index (χ3n) is 4.83. The predicted molar refractivity (Wildman–Crippen MR) is 117 cm³/mol. The molecule has 1 atom stereocenters.